The van der Waals surface area contributed by atoms with E-state index in [0.29, 0.717) is 6.08 Å². The minimum Gasteiger partial charge on any atom is -0.478 e. The average molecular weight is 462 g/mol. The molecule has 1 atom stereocenters. The number of halogens is 2. The van der Waals surface area contributed by atoms with Crippen LogP contribution in [0.25, 0.3) is 5.57 Å². The van der Waals surface area contributed by atoms with Gasteiger partial charge >= 0.3 is 18.0 Å². The summed E-state index contributed by atoms with van der Waals surface area (Å²) in [6, 6.07) is 0.660. The molecule has 166 valence electrons. The SMILES string of the molecule is CN(C)C(=O)Nc1c(Cl)cc(C(O)CNC(C)(C)C)c(/C(=C/C(=O)O)C(=O)O)c1Cl. The highest BCUT2D eigenvalue weighted by Crippen LogP contribution is 2.41. The lowest BCUT2D eigenvalue weighted by atomic mass is 9.94. The zero-order valence-corrected chi connectivity index (χ0v) is 18.7. The number of nitrogens with zero attached hydrogens (tertiary/aromatic N) is 1. The summed E-state index contributed by atoms with van der Waals surface area (Å²) < 4.78 is 0. The molecule has 0 saturated heterocycles. The summed E-state index contributed by atoms with van der Waals surface area (Å²) in [5.41, 5.74) is -1.40. The van der Waals surface area contributed by atoms with Gasteiger partial charge in [-0.1, -0.05) is 23.2 Å². The highest BCUT2D eigenvalue weighted by Gasteiger charge is 2.28. The first kappa shape index (κ1) is 25.7. The first-order chi connectivity index (χ1) is 13.7. The number of carboxylic acid groups (broad SMARTS) is 2. The summed E-state index contributed by atoms with van der Waals surface area (Å²) in [5, 5.41) is 34.5. The summed E-state index contributed by atoms with van der Waals surface area (Å²) in [7, 11) is 2.95. The third-order valence-electron chi connectivity index (χ3n) is 3.84. The monoisotopic (exact) mass is 461 g/mol. The van der Waals surface area contributed by atoms with Gasteiger partial charge in [-0.3, -0.25) is 0 Å². The lowest BCUT2D eigenvalue weighted by Crippen LogP contribution is -2.38. The van der Waals surface area contributed by atoms with Gasteiger partial charge in [0.2, 0.25) is 0 Å². The summed E-state index contributed by atoms with van der Waals surface area (Å²) >= 11 is 12.6. The van der Waals surface area contributed by atoms with Gasteiger partial charge in [0.1, 0.15) is 0 Å². The van der Waals surface area contributed by atoms with Crippen LogP contribution in [0.1, 0.15) is 38.0 Å². The minimum absolute atomic E-state index is 0.000461. The van der Waals surface area contributed by atoms with E-state index in [1.54, 1.807) is 0 Å². The predicted molar refractivity (Wildman–Crippen MR) is 115 cm³/mol. The summed E-state index contributed by atoms with van der Waals surface area (Å²) in [6.45, 7) is 5.61. The fraction of sp³-hybridized carbons (Fsp3) is 0.421. The molecule has 1 aromatic rings. The molecule has 0 saturated carbocycles. The molecule has 0 aliphatic rings. The fourth-order valence-corrected chi connectivity index (χ4v) is 3.05. The quantitative estimate of drug-likeness (QED) is 0.393. The van der Waals surface area contributed by atoms with E-state index in [-0.39, 0.29) is 38.9 Å². The Bertz CT molecular complexity index is 878. The topological polar surface area (TPSA) is 139 Å². The number of aliphatic hydroxyl groups excluding tert-OH is 1. The van der Waals surface area contributed by atoms with E-state index in [0.717, 1.165) is 0 Å². The number of aliphatic hydroxyl groups is 1. The van der Waals surface area contributed by atoms with E-state index in [9.17, 15) is 24.6 Å². The van der Waals surface area contributed by atoms with Gasteiger partial charge in [-0.05, 0) is 32.4 Å². The van der Waals surface area contributed by atoms with Gasteiger partial charge in [0.15, 0.2) is 0 Å². The zero-order valence-electron chi connectivity index (χ0n) is 17.2. The van der Waals surface area contributed by atoms with Crippen molar-refractivity contribution in [1.82, 2.24) is 10.2 Å². The number of aliphatic carboxylic acids is 2. The van der Waals surface area contributed by atoms with Crippen molar-refractivity contribution in [3.8, 4) is 0 Å². The van der Waals surface area contributed by atoms with E-state index in [4.69, 9.17) is 28.3 Å². The molecule has 2 amide bonds. The molecule has 1 rings (SSSR count). The molecule has 1 unspecified atom stereocenters. The molecular formula is C19H25Cl2N3O6. The number of amides is 2. The molecular weight excluding hydrogens is 437 g/mol. The number of carboxylic acids is 2. The highest BCUT2D eigenvalue weighted by molar-refractivity contribution is 6.42. The zero-order chi connectivity index (χ0) is 23.4. The molecule has 0 aliphatic carbocycles. The first-order valence-corrected chi connectivity index (χ1v) is 9.52. The maximum Gasteiger partial charge on any atom is 0.336 e. The number of β-amino-alcohol motifs (C(OH)–C–C–N with tert-alkyl or cyclic N) is 1. The van der Waals surface area contributed by atoms with Gasteiger partial charge in [0, 0.05) is 37.8 Å². The lowest BCUT2D eigenvalue weighted by Gasteiger charge is -2.25. The second-order valence-corrected chi connectivity index (χ2v) is 8.47. The summed E-state index contributed by atoms with van der Waals surface area (Å²) in [5.74, 6) is -3.10. The van der Waals surface area contributed by atoms with Gasteiger partial charge in [-0.2, -0.15) is 0 Å². The second-order valence-electron chi connectivity index (χ2n) is 7.68. The van der Waals surface area contributed by atoms with Gasteiger partial charge in [0.25, 0.3) is 0 Å². The summed E-state index contributed by atoms with van der Waals surface area (Å²) in [6.07, 6.45) is -0.813. The molecule has 0 fully saturated rings. The number of benzene rings is 1. The van der Waals surface area contributed by atoms with Crippen molar-refractivity contribution in [3.63, 3.8) is 0 Å². The molecule has 0 bridgehead atoms. The molecule has 0 radical (unpaired) electrons. The normalized spacial score (nSPS) is 13.0. The molecule has 0 aliphatic heterocycles. The van der Waals surface area contributed by atoms with Crippen LogP contribution in [0.15, 0.2) is 12.1 Å². The molecule has 0 heterocycles. The molecule has 1 aromatic carbocycles. The molecule has 0 spiro atoms. The van der Waals surface area contributed by atoms with E-state index in [1.165, 1.54) is 25.1 Å². The Balaban J connectivity index is 3.73. The number of hydrogen-bond acceptors (Lipinski definition) is 5. The standard InChI is InChI=1S/C19H25Cl2N3O6/c1-19(2,3)22-8-12(25)9-6-11(20)16(23-18(30)24(4)5)15(21)14(9)10(17(28)29)7-13(26)27/h6-7,12,22,25H,8H2,1-5H3,(H,23,30)(H,26,27)(H,28,29)/b10-7-. The Kier molecular flexibility index (Phi) is 8.67. The van der Waals surface area contributed by atoms with Crippen LogP contribution in [0.3, 0.4) is 0 Å². The van der Waals surface area contributed by atoms with Crippen molar-refractivity contribution >= 4 is 52.4 Å². The van der Waals surface area contributed by atoms with Crippen molar-refractivity contribution in [2.45, 2.75) is 32.4 Å². The van der Waals surface area contributed by atoms with E-state index in [1.807, 2.05) is 20.8 Å². The van der Waals surface area contributed by atoms with Crippen molar-refractivity contribution in [2.24, 2.45) is 0 Å². The van der Waals surface area contributed by atoms with Crippen LogP contribution < -0.4 is 10.6 Å². The summed E-state index contributed by atoms with van der Waals surface area (Å²) in [4.78, 5) is 36.2. The van der Waals surface area contributed by atoms with Gasteiger partial charge in [-0.15, -0.1) is 0 Å². The van der Waals surface area contributed by atoms with Crippen LogP contribution >= 0.6 is 23.2 Å². The fourth-order valence-electron chi connectivity index (χ4n) is 2.38. The smallest absolute Gasteiger partial charge is 0.336 e. The van der Waals surface area contributed by atoms with Gasteiger partial charge < -0.3 is 30.9 Å². The van der Waals surface area contributed by atoms with Gasteiger partial charge in [-0.25, -0.2) is 14.4 Å². The Morgan fingerprint density at radius 2 is 1.77 bits per heavy atom. The lowest BCUT2D eigenvalue weighted by molar-refractivity contribution is -0.133. The van der Waals surface area contributed by atoms with Crippen LogP contribution in [0.5, 0.6) is 0 Å². The van der Waals surface area contributed by atoms with Crippen molar-refractivity contribution in [3.05, 3.63) is 33.3 Å². The number of urea groups is 1. The predicted octanol–water partition coefficient (Wildman–Crippen LogP) is 3.06. The molecule has 11 heteroatoms. The van der Waals surface area contributed by atoms with Crippen molar-refractivity contribution < 1.29 is 29.7 Å². The largest absolute Gasteiger partial charge is 0.478 e. The maximum atomic E-state index is 12.1. The van der Waals surface area contributed by atoms with Crippen LogP contribution in [-0.2, 0) is 9.59 Å². The van der Waals surface area contributed by atoms with Crippen LogP contribution in [-0.4, -0.2) is 64.4 Å². The number of nitrogens with one attached hydrogen (secondary N) is 2. The van der Waals surface area contributed by atoms with E-state index >= 15 is 0 Å². The van der Waals surface area contributed by atoms with Crippen LogP contribution in [0.4, 0.5) is 10.5 Å². The average Bonchev–Trinajstić information content (AvgIpc) is 2.59. The van der Waals surface area contributed by atoms with E-state index in [2.05, 4.69) is 10.6 Å². The Morgan fingerprint density at radius 1 is 1.20 bits per heavy atom. The Hall–Kier alpha value is -2.33. The number of anilines is 1. The van der Waals surface area contributed by atoms with Crippen molar-refractivity contribution in [2.75, 3.05) is 26.0 Å². The molecule has 0 aromatic heterocycles. The first-order valence-electron chi connectivity index (χ1n) is 8.77. The number of carbonyl (C=O) groups excluding carboxylic acids is 1. The third-order valence-corrected chi connectivity index (χ3v) is 4.52. The highest BCUT2D eigenvalue weighted by atomic mass is 35.5. The molecule has 5 N–H and O–H groups in total. The van der Waals surface area contributed by atoms with Gasteiger partial charge in [0.05, 0.1) is 27.4 Å². The number of hydrogen-bond donors (Lipinski definition) is 5. The number of rotatable bonds is 7. The second kappa shape index (κ2) is 10.1. The Labute approximate surface area is 184 Å². The Morgan fingerprint density at radius 3 is 2.20 bits per heavy atom. The van der Waals surface area contributed by atoms with Crippen LogP contribution in [0, 0.1) is 0 Å². The molecule has 30 heavy (non-hydrogen) atoms. The maximum absolute atomic E-state index is 12.1. The van der Waals surface area contributed by atoms with Crippen molar-refractivity contribution in [1.29, 1.82) is 0 Å². The van der Waals surface area contributed by atoms with E-state index < -0.39 is 29.6 Å². The number of carbonyl (C=O) groups is 3. The minimum atomic E-state index is -1.58. The molecule has 9 nitrogen and oxygen atoms in total. The van der Waals surface area contributed by atoms with Crippen LogP contribution in [0.2, 0.25) is 10.0 Å². The third kappa shape index (κ3) is 6.88.